The highest BCUT2D eigenvalue weighted by Crippen LogP contribution is 2.06. The number of nitrogens with zero attached hydrogens (tertiary/aromatic N) is 3. The van der Waals surface area contributed by atoms with Gasteiger partial charge in [0.15, 0.2) is 5.82 Å². The SMILES string of the molecule is [2H]c1n[nH]c(-c2nc([2H])c([2H])c([2H])c2[2H])n1. The Labute approximate surface area is 70.3 Å². The quantitative estimate of drug-likeness (QED) is 0.657. The van der Waals surface area contributed by atoms with Gasteiger partial charge in [0, 0.05) is 6.17 Å². The van der Waals surface area contributed by atoms with Crippen molar-refractivity contribution in [1.82, 2.24) is 20.2 Å². The topological polar surface area (TPSA) is 54.5 Å². The fourth-order valence-electron chi connectivity index (χ4n) is 0.626. The largest absolute Gasteiger partial charge is 0.258 e. The van der Waals surface area contributed by atoms with Gasteiger partial charge in [-0.1, -0.05) is 6.04 Å². The van der Waals surface area contributed by atoms with E-state index >= 15 is 0 Å². The van der Waals surface area contributed by atoms with E-state index in [1.54, 1.807) is 0 Å². The number of nitrogens with one attached hydrogen (secondary N) is 1. The van der Waals surface area contributed by atoms with Gasteiger partial charge in [-0.15, -0.1) is 0 Å². The van der Waals surface area contributed by atoms with Crippen molar-refractivity contribution in [2.45, 2.75) is 0 Å². The van der Waals surface area contributed by atoms with Crippen LogP contribution in [0, 0.1) is 0 Å². The molecular formula is C7H6N4. The van der Waals surface area contributed by atoms with Crippen LogP contribution in [0.3, 0.4) is 0 Å². The molecule has 0 amide bonds. The predicted octanol–water partition coefficient (Wildman–Crippen LogP) is 0.867. The van der Waals surface area contributed by atoms with Crippen molar-refractivity contribution in [2.75, 3.05) is 0 Å². The Hall–Kier alpha value is -1.71. The van der Waals surface area contributed by atoms with E-state index in [0.717, 1.165) is 0 Å². The lowest BCUT2D eigenvalue weighted by molar-refractivity contribution is 1.09. The molecule has 0 aromatic carbocycles. The number of hydrogen-bond donors (Lipinski definition) is 1. The number of aromatic amines is 1. The molecule has 11 heavy (non-hydrogen) atoms. The Balaban J connectivity index is 2.66. The predicted molar refractivity (Wildman–Crippen MR) is 39.6 cm³/mol. The van der Waals surface area contributed by atoms with Crippen LogP contribution in [0.2, 0.25) is 0 Å². The second-order valence-corrected chi connectivity index (χ2v) is 1.73. The third kappa shape index (κ3) is 1.10. The summed E-state index contributed by atoms with van der Waals surface area (Å²) in [7, 11) is 0. The molecule has 0 atom stereocenters. The molecule has 0 spiro atoms. The van der Waals surface area contributed by atoms with Gasteiger partial charge < -0.3 is 0 Å². The van der Waals surface area contributed by atoms with Gasteiger partial charge in [0.2, 0.25) is 0 Å². The first-order chi connectivity index (χ1) is 7.50. The van der Waals surface area contributed by atoms with Crippen LogP contribution < -0.4 is 0 Å². The van der Waals surface area contributed by atoms with Gasteiger partial charge >= 0.3 is 0 Å². The van der Waals surface area contributed by atoms with Gasteiger partial charge in [0.25, 0.3) is 0 Å². The Morgan fingerprint density at radius 3 is 3.18 bits per heavy atom. The molecule has 0 aliphatic carbocycles. The third-order valence-corrected chi connectivity index (χ3v) is 1.06. The summed E-state index contributed by atoms with van der Waals surface area (Å²) in [4.78, 5) is 7.31. The molecule has 0 saturated heterocycles. The van der Waals surface area contributed by atoms with Gasteiger partial charge in [-0.25, -0.2) is 4.98 Å². The monoisotopic (exact) mass is 151 g/mol. The summed E-state index contributed by atoms with van der Waals surface area (Å²) in [6, 6.07) is -1.10. The average molecular weight is 151 g/mol. The maximum atomic E-state index is 7.58. The van der Waals surface area contributed by atoms with E-state index < -0.39 is 18.3 Å². The number of rotatable bonds is 1. The first kappa shape index (κ1) is 2.73. The Kier molecular flexibility index (Phi) is 0.619. The molecule has 54 valence electrons. The lowest BCUT2D eigenvalue weighted by Crippen LogP contribution is -1.83. The lowest BCUT2D eigenvalue weighted by Gasteiger charge is -1.90. The number of pyridine rings is 1. The maximum Gasteiger partial charge on any atom is 0.174 e. The number of H-pyrrole nitrogens is 1. The van der Waals surface area contributed by atoms with Crippen molar-refractivity contribution in [3.63, 3.8) is 0 Å². The summed E-state index contributed by atoms with van der Waals surface area (Å²) in [5.41, 5.74) is -0.0444. The fourth-order valence-corrected chi connectivity index (χ4v) is 0.626. The minimum Gasteiger partial charge on any atom is -0.258 e. The maximum absolute atomic E-state index is 7.58. The van der Waals surface area contributed by atoms with E-state index in [0.29, 0.717) is 0 Å². The van der Waals surface area contributed by atoms with Crippen LogP contribution >= 0.6 is 0 Å². The molecule has 0 unspecified atom stereocenters. The molecule has 0 fully saturated rings. The molecule has 4 heteroatoms. The van der Waals surface area contributed by atoms with Crippen LogP contribution in [0.25, 0.3) is 11.5 Å². The van der Waals surface area contributed by atoms with E-state index in [1.165, 1.54) is 0 Å². The number of aromatic nitrogens is 4. The normalized spacial score (nSPS) is 16.2. The van der Waals surface area contributed by atoms with Crippen LogP contribution in [0.5, 0.6) is 0 Å². The Morgan fingerprint density at radius 1 is 1.36 bits per heavy atom. The highest BCUT2D eigenvalue weighted by atomic mass is 15.2. The first-order valence-corrected chi connectivity index (χ1v) is 2.84. The molecule has 2 aromatic heterocycles. The highest BCUT2D eigenvalue weighted by Gasteiger charge is 1.97. The average Bonchev–Trinajstić information content (AvgIpc) is 2.67. The Bertz CT molecular complexity index is 552. The van der Waals surface area contributed by atoms with Crippen molar-refractivity contribution in [1.29, 1.82) is 0 Å². The third-order valence-electron chi connectivity index (χ3n) is 1.06. The summed E-state index contributed by atoms with van der Waals surface area (Å²) >= 11 is 0. The van der Waals surface area contributed by atoms with Gasteiger partial charge in [-0.2, -0.15) is 5.10 Å². The van der Waals surface area contributed by atoms with E-state index in [1.807, 2.05) is 0 Å². The number of hydrogen-bond acceptors (Lipinski definition) is 3. The molecule has 0 radical (unpaired) electrons. The van der Waals surface area contributed by atoms with Crippen molar-refractivity contribution < 1.29 is 6.85 Å². The summed E-state index contributed by atoms with van der Waals surface area (Å²) in [6.07, 6.45) is -0.664. The van der Waals surface area contributed by atoms with Crippen LogP contribution in [0.1, 0.15) is 6.85 Å². The van der Waals surface area contributed by atoms with Crippen LogP contribution in [0.15, 0.2) is 30.6 Å². The zero-order chi connectivity index (χ0) is 11.9. The van der Waals surface area contributed by atoms with E-state index in [9.17, 15) is 0 Å². The zero-order valence-corrected chi connectivity index (χ0v) is 5.34. The van der Waals surface area contributed by atoms with Crippen LogP contribution in [-0.4, -0.2) is 20.2 Å². The van der Waals surface area contributed by atoms with Crippen LogP contribution in [0.4, 0.5) is 0 Å². The second-order valence-electron chi connectivity index (χ2n) is 1.73. The Morgan fingerprint density at radius 2 is 2.36 bits per heavy atom. The molecule has 2 heterocycles. The minimum atomic E-state index is -0.404. The minimum absolute atomic E-state index is 0.0444. The van der Waals surface area contributed by atoms with Gasteiger partial charge in [0.05, 0.1) is 5.48 Å². The fraction of sp³-hybridized carbons (Fsp3) is 0. The highest BCUT2D eigenvalue weighted by molar-refractivity contribution is 5.46. The van der Waals surface area contributed by atoms with Crippen molar-refractivity contribution in [3.8, 4) is 11.5 Å². The molecule has 0 saturated carbocycles. The van der Waals surface area contributed by atoms with Crippen LogP contribution in [-0.2, 0) is 0 Å². The zero-order valence-electron chi connectivity index (χ0n) is 10.3. The van der Waals surface area contributed by atoms with E-state index in [2.05, 4.69) is 20.2 Å². The molecule has 4 nitrogen and oxygen atoms in total. The molecule has 0 aliphatic heterocycles. The molecule has 2 aromatic rings. The standard InChI is InChI=1S/C7H6N4/c1-2-4-8-6(3-1)7-9-5-10-11-7/h1-5H,(H,9,10,11)/i1D,2D,3D,4D,5D. The molecule has 1 N–H and O–H groups in total. The summed E-state index contributed by atoms with van der Waals surface area (Å²) in [5, 5.41) is 5.83. The van der Waals surface area contributed by atoms with Gasteiger partial charge in [-0.05, 0) is 12.1 Å². The molecular weight excluding hydrogens is 140 g/mol. The summed E-state index contributed by atoms with van der Waals surface area (Å²) in [6.45, 7) is 0. The second kappa shape index (κ2) is 2.49. The first-order valence-electron chi connectivity index (χ1n) is 5.34. The smallest absolute Gasteiger partial charge is 0.174 e. The summed E-state index contributed by atoms with van der Waals surface area (Å²) in [5.74, 6) is 0.0528. The van der Waals surface area contributed by atoms with Gasteiger partial charge in [-0.3, -0.25) is 10.1 Å². The van der Waals surface area contributed by atoms with Crippen molar-refractivity contribution in [3.05, 3.63) is 30.6 Å². The lowest BCUT2D eigenvalue weighted by atomic mass is 10.3. The molecule has 0 bridgehead atoms. The summed E-state index contributed by atoms with van der Waals surface area (Å²) < 4.78 is 36.8. The molecule has 2 rings (SSSR count). The van der Waals surface area contributed by atoms with Gasteiger partial charge in [0.1, 0.15) is 13.4 Å². The van der Waals surface area contributed by atoms with E-state index in [-0.39, 0.29) is 23.9 Å². The van der Waals surface area contributed by atoms with Crippen molar-refractivity contribution >= 4 is 0 Å². The van der Waals surface area contributed by atoms with Crippen molar-refractivity contribution in [2.24, 2.45) is 0 Å². The van der Waals surface area contributed by atoms with E-state index in [4.69, 9.17) is 6.85 Å². The molecule has 0 aliphatic rings.